The molecule has 0 saturated carbocycles. The smallest absolute Gasteiger partial charge is 0.0902 e. The lowest BCUT2D eigenvalue weighted by molar-refractivity contribution is -0.944. The number of hydrogen-bond acceptors (Lipinski definition) is 0. The summed E-state index contributed by atoms with van der Waals surface area (Å²) in [7, 11) is 0. The van der Waals surface area contributed by atoms with E-state index in [-0.39, 0.29) is 0 Å². The molecule has 1 atom stereocenters. The van der Waals surface area contributed by atoms with E-state index in [1.165, 1.54) is 36.1 Å². The highest BCUT2D eigenvalue weighted by molar-refractivity contribution is 5.15. The van der Waals surface area contributed by atoms with Gasteiger partial charge in [-0.2, -0.15) is 0 Å². The molecule has 90 valence electrons. The van der Waals surface area contributed by atoms with Gasteiger partial charge in [-0.05, 0) is 33.3 Å². The van der Waals surface area contributed by atoms with Gasteiger partial charge in [0.05, 0.1) is 25.7 Å². The summed E-state index contributed by atoms with van der Waals surface area (Å²) in [4.78, 5) is 0. The van der Waals surface area contributed by atoms with Gasteiger partial charge in [-0.3, -0.25) is 0 Å². The predicted octanol–water partition coefficient (Wildman–Crippen LogP) is 3.49. The first-order valence-corrected chi connectivity index (χ1v) is 6.58. The molecule has 0 bridgehead atoms. The van der Waals surface area contributed by atoms with Gasteiger partial charge in [-0.1, -0.05) is 30.3 Å². The van der Waals surface area contributed by atoms with E-state index in [0.29, 0.717) is 6.04 Å². The van der Waals surface area contributed by atoms with Crippen LogP contribution in [0.15, 0.2) is 30.3 Å². The van der Waals surface area contributed by atoms with Crippen molar-refractivity contribution in [2.24, 2.45) is 0 Å². The molecule has 0 aliphatic heterocycles. The fourth-order valence-electron chi connectivity index (χ4n) is 2.75. The highest BCUT2D eigenvalue weighted by Crippen LogP contribution is 2.17. The van der Waals surface area contributed by atoms with Gasteiger partial charge in [0.1, 0.15) is 0 Å². The average Bonchev–Trinajstić information content (AvgIpc) is 2.33. The zero-order valence-electron chi connectivity index (χ0n) is 11.2. The third kappa shape index (κ3) is 2.85. The molecule has 0 amide bonds. The van der Waals surface area contributed by atoms with Gasteiger partial charge >= 0.3 is 0 Å². The van der Waals surface area contributed by atoms with Crippen molar-refractivity contribution in [3.05, 3.63) is 35.9 Å². The Morgan fingerprint density at radius 1 is 0.938 bits per heavy atom. The highest BCUT2D eigenvalue weighted by Gasteiger charge is 2.28. The fraction of sp³-hybridized carbons (Fsp3) is 0.600. The molecule has 0 fully saturated rings. The third-order valence-corrected chi connectivity index (χ3v) is 4.20. The monoisotopic (exact) mass is 220 g/mol. The molecule has 1 nitrogen and oxygen atoms in total. The van der Waals surface area contributed by atoms with E-state index in [1.54, 1.807) is 0 Å². The van der Waals surface area contributed by atoms with Crippen LogP contribution in [-0.4, -0.2) is 30.2 Å². The van der Waals surface area contributed by atoms with Crippen molar-refractivity contribution in [2.75, 3.05) is 19.6 Å². The second-order valence-corrected chi connectivity index (χ2v) is 4.71. The van der Waals surface area contributed by atoms with E-state index in [0.717, 1.165) is 0 Å². The zero-order chi connectivity index (χ0) is 12.0. The van der Waals surface area contributed by atoms with Gasteiger partial charge in [-0.25, -0.2) is 0 Å². The molecule has 0 aliphatic rings. The number of likely N-dealkylation sites (N-methyl/N-ethyl adjacent to an activating group) is 1. The molecule has 0 aromatic heterocycles. The van der Waals surface area contributed by atoms with Gasteiger partial charge in [0, 0.05) is 6.42 Å². The minimum Gasteiger partial charge on any atom is -0.322 e. The summed E-state index contributed by atoms with van der Waals surface area (Å²) < 4.78 is 1.23. The molecule has 1 aromatic carbocycles. The second-order valence-electron chi connectivity index (χ2n) is 4.71. The summed E-state index contributed by atoms with van der Waals surface area (Å²) in [6, 6.07) is 11.6. The lowest BCUT2D eigenvalue weighted by atomic mass is 10.0. The summed E-state index contributed by atoms with van der Waals surface area (Å²) >= 11 is 0. The summed E-state index contributed by atoms with van der Waals surface area (Å²) in [5.74, 6) is 0. The van der Waals surface area contributed by atoms with E-state index in [2.05, 4.69) is 58.0 Å². The standard InChI is InChI=1S/C15H26N/c1-5-16(6-2,7-3)14(4)13-15-11-9-8-10-12-15/h8-12,14H,5-7,13H2,1-4H3/q+1. The largest absolute Gasteiger partial charge is 0.322 e. The number of rotatable bonds is 6. The Bertz CT molecular complexity index is 279. The molecule has 0 radical (unpaired) electrons. The van der Waals surface area contributed by atoms with Crippen LogP contribution in [0.5, 0.6) is 0 Å². The number of quaternary nitrogens is 1. The van der Waals surface area contributed by atoms with Crippen molar-refractivity contribution in [1.29, 1.82) is 0 Å². The molecule has 1 rings (SSSR count). The van der Waals surface area contributed by atoms with E-state index in [1.807, 2.05) is 0 Å². The van der Waals surface area contributed by atoms with E-state index < -0.39 is 0 Å². The summed E-state index contributed by atoms with van der Waals surface area (Å²) in [5, 5.41) is 0. The molecule has 0 saturated heterocycles. The maximum Gasteiger partial charge on any atom is 0.0902 e. The molecule has 0 aliphatic carbocycles. The Labute approximate surface area is 101 Å². The normalized spacial score (nSPS) is 13.8. The summed E-state index contributed by atoms with van der Waals surface area (Å²) in [6.45, 7) is 13.0. The summed E-state index contributed by atoms with van der Waals surface area (Å²) in [5.41, 5.74) is 1.47. The van der Waals surface area contributed by atoms with Crippen LogP contribution in [-0.2, 0) is 6.42 Å². The molecule has 1 aromatic rings. The van der Waals surface area contributed by atoms with Gasteiger partial charge < -0.3 is 4.48 Å². The molecular formula is C15H26N+. The molecule has 1 heteroatoms. The maximum absolute atomic E-state index is 2.39. The Hall–Kier alpha value is -0.820. The van der Waals surface area contributed by atoms with Crippen molar-refractivity contribution < 1.29 is 4.48 Å². The van der Waals surface area contributed by atoms with Crippen LogP contribution in [0.25, 0.3) is 0 Å². The van der Waals surface area contributed by atoms with Crippen molar-refractivity contribution in [2.45, 2.75) is 40.2 Å². The molecule has 0 spiro atoms. The number of hydrogen-bond donors (Lipinski definition) is 0. The van der Waals surface area contributed by atoms with Crippen molar-refractivity contribution in [1.82, 2.24) is 0 Å². The topological polar surface area (TPSA) is 0 Å². The molecule has 0 heterocycles. The molecule has 1 unspecified atom stereocenters. The lowest BCUT2D eigenvalue weighted by Crippen LogP contribution is -2.54. The van der Waals surface area contributed by atoms with E-state index in [9.17, 15) is 0 Å². The minimum atomic E-state index is 0.711. The van der Waals surface area contributed by atoms with Crippen molar-refractivity contribution >= 4 is 0 Å². The maximum atomic E-state index is 2.39. The van der Waals surface area contributed by atoms with Gasteiger partial charge in [-0.15, -0.1) is 0 Å². The van der Waals surface area contributed by atoms with E-state index in [4.69, 9.17) is 0 Å². The van der Waals surface area contributed by atoms with Gasteiger partial charge in [0.2, 0.25) is 0 Å². The lowest BCUT2D eigenvalue weighted by Gasteiger charge is -2.41. The van der Waals surface area contributed by atoms with E-state index >= 15 is 0 Å². The predicted molar refractivity (Wildman–Crippen MR) is 71.5 cm³/mol. The SMILES string of the molecule is CC[N+](CC)(CC)C(C)Cc1ccccc1. The van der Waals surface area contributed by atoms with Crippen LogP contribution in [0.2, 0.25) is 0 Å². The fourth-order valence-corrected chi connectivity index (χ4v) is 2.75. The second kappa shape index (κ2) is 6.05. The Balaban J connectivity index is 2.73. The number of nitrogens with zero attached hydrogens (tertiary/aromatic N) is 1. The number of benzene rings is 1. The summed E-state index contributed by atoms with van der Waals surface area (Å²) in [6.07, 6.45) is 1.19. The van der Waals surface area contributed by atoms with Crippen LogP contribution in [0.3, 0.4) is 0 Å². The van der Waals surface area contributed by atoms with Crippen LogP contribution in [0.1, 0.15) is 33.3 Å². The Morgan fingerprint density at radius 2 is 1.44 bits per heavy atom. The van der Waals surface area contributed by atoms with Crippen LogP contribution >= 0.6 is 0 Å². The van der Waals surface area contributed by atoms with Crippen molar-refractivity contribution in [3.63, 3.8) is 0 Å². The third-order valence-electron chi connectivity index (χ3n) is 4.20. The Morgan fingerprint density at radius 3 is 1.88 bits per heavy atom. The van der Waals surface area contributed by atoms with Crippen LogP contribution in [0, 0.1) is 0 Å². The highest BCUT2D eigenvalue weighted by atomic mass is 15.4. The molecule has 16 heavy (non-hydrogen) atoms. The first-order chi connectivity index (χ1) is 7.68. The zero-order valence-corrected chi connectivity index (χ0v) is 11.2. The first kappa shape index (κ1) is 13.2. The molecular weight excluding hydrogens is 194 g/mol. The average molecular weight is 220 g/mol. The Kier molecular flexibility index (Phi) is 5.01. The van der Waals surface area contributed by atoms with Gasteiger partial charge in [0.25, 0.3) is 0 Å². The van der Waals surface area contributed by atoms with Crippen molar-refractivity contribution in [3.8, 4) is 0 Å². The quantitative estimate of drug-likeness (QED) is 0.644. The van der Waals surface area contributed by atoms with Crippen LogP contribution < -0.4 is 0 Å². The van der Waals surface area contributed by atoms with Crippen LogP contribution in [0.4, 0.5) is 0 Å². The minimum absolute atomic E-state index is 0.711. The first-order valence-electron chi connectivity index (χ1n) is 6.58. The molecule has 0 N–H and O–H groups in total. The van der Waals surface area contributed by atoms with Gasteiger partial charge in [0.15, 0.2) is 0 Å².